The third kappa shape index (κ3) is 3.90. The van der Waals surface area contributed by atoms with Crippen molar-refractivity contribution in [1.29, 1.82) is 0 Å². The minimum Gasteiger partial charge on any atom is -0.298 e. The van der Waals surface area contributed by atoms with Crippen molar-refractivity contribution in [2.75, 3.05) is 6.54 Å². The van der Waals surface area contributed by atoms with Gasteiger partial charge in [0.2, 0.25) is 0 Å². The topological polar surface area (TPSA) is 29.1 Å². The summed E-state index contributed by atoms with van der Waals surface area (Å²) in [5.74, 6) is 0.245. The average Bonchev–Trinajstić information content (AvgIpc) is 1.68. The molecule has 0 heterocycles. The first-order chi connectivity index (χ1) is 3.31. The number of nitrogens with one attached hydrogen (secondary N) is 1. The van der Waals surface area contributed by atoms with Crippen LogP contribution in [-0.4, -0.2) is 12.3 Å². The van der Waals surface area contributed by atoms with Gasteiger partial charge in [-0.05, 0) is 0 Å². The number of carbonyl (C=O) groups is 1. The Hall–Kier alpha value is 0.0600. The molecule has 7 heavy (non-hydrogen) atoms. The van der Waals surface area contributed by atoms with Crippen molar-refractivity contribution in [2.45, 2.75) is 13.3 Å². The van der Waals surface area contributed by atoms with Crippen molar-refractivity contribution in [1.82, 2.24) is 5.09 Å². The molecule has 1 unspecified atom stereocenters. The van der Waals surface area contributed by atoms with Gasteiger partial charge in [-0.15, -0.1) is 0 Å². The molecule has 0 aromatic carbocycles. The van der Waals surface area contributed by atoms with E-state index >= 15 is 0 Å². The molecule has 1 N–H and O–H groups in total. The van der Waals surface area contributed by atoms with Crippen LogP contribution in [0, 0.1) is 0 Å². The summed E-state index contributed by atoms with van der Waals surface area (Å²) >= 11 is 0. The largest absolute Gasteiger partial charge is 0.298 e. The highest BCUT2D eigenvalue weighted by Gasteiger charge is 1.90. The molecule has 0 aromatic heterocycles. The highest BCUT2D eigenvalue weighted by Crippen LogP contribution is 1.77. The molecular weight excluding hydrogens is 109 g/mol. The van der Waals surface area contributed by atoms with E-state index in [1.165, 1.54) is 0 Å². The minimum absolute atomic E-state index is 0.245. The van der Waals surface area contributed by atoms with Gasteiger partial charge < -0.3 is 0 Å². The number of carbonyl (C=O) groups excluding carboxylic acids is 1. The van der Waals surface area contributed by atoms with Crippen LogP contribution >= 0.6 is 9.39 Å². The van der Waals surface area contributed by atoms with Crippen LogP contribution in [0.2, 0.25) is 0 Å². The summed E-state index contributed by atoms with van der Waals surface area (Å²) in [5, 5.41) is 2.69. The molecule has 0 saturated heterocycles. The molecular formula is C4H10NOP. The molecule has 0 aromatic rings. The van der Waals surface area contributed by atoms with Crippen molar-refractivity contribution in [3.63, 3.8) is 0 Å². The van der Waals surface area contributed by atoms with Gasteiger partial charge in [0.05, 0.1) is 6.54 Å². The SMILES string of the molecule is CCC(=O)CNP. The summed E-state index contributed by atoms with van der Waals surface area (Å²) in [6, 6.07) is 0. The van der Waals surface area contributed by atoms with E-state index in [9.17, 15) is 4.79 Å². The van der Waals surface area contributed by atoms with Crippen molar-refractivity contribution in [2.24, 2.45) is 0 Å². The van der Waals surface area contributed by atoms with E-state index in [0.717, 1.165) is 0 Å². The molecule has 3 heteroatoms. The smallest absolute Gasteiger partial charge is 0.146 e. The Morgan fingerprint density at radius 3 is 2.57 bits per heavy atom. The standard InChI is InChI=1S/C4H10NOP/c1-2-4(6)3-5-7/h5H,2-3,7H2,1H3. The van der Waals surface area contributed by atoms with Crippen LogP contribution in [0.4, 0.5) is 0 Å². The molecule has 0 bridgehead atoms. The highest BCUT2D eigenvalue weighted by molar-refractivity contribution is 7.13. The van der Waals surface area contributed by atoms with Crippen molar-refractivity contribution >= 4 is 15.2 Å². The van der Waals surface area contributed by atoms with Crippen LogP contribution in [0.25, 0.3) is 0 Å². The minimum atomic E-state index is 0.245. The van der Waals surface area contributed by atoms with Crippen LogP contribution in [0.1, 0.15) is 13.3 Å². The van der Waals surface area contributed by atoms with Gasteiger partial charge >= 0.3 is 0 Å². The monoisotopic (exact) mass is 119 g/mol. The summed E-state index contributed by atoms with van der Waals surface area (Å²) < 4.78 is 0. The Morgan fingerprint density at radius 1 is 1.86 bits per heavy atom. The number of hydrogen-bond acceptors (Lipinski definition) is 2. The summed E-state index contributed by atoms with van der Waals surface area (Å²) in [5.41, 5.74) is 0. The zero-order valence-electron chi connectivity index (χ0n) is 4.40. The second-order valence-electron chi connectivity index (χ2n) is 1.27. The van der Waals surface area contributed by atoms with E-state index in [2.05, 4.69) is 14.5 Å². The molecule has 0 amide bonds. The van der Waals surface area contributed by atoms with Gasteiger partial charge in [0.25, 0.3) is 0 Å². The molecule has 42 valence electrons. The Bertz CT molecular complexity index is 64.7. The molecule has 0 rings (SSSR count). The lowest BCUT2D eigenvalue weighted by molar-refractivity contribution is -0.117. The summed E-state index contributed by atoms with van der Waals surface area (Å²) in [6.07, 6.45) is 0.626. The lowest BCUT2D eigenvalue weighted by Crippen LogP contribution is -2.11. The van der Waals surface area contributed by atoms with E-state index in [4.69, 9.17) is 0 Å². The molecule has 0 radical (unpaired) electrons. The van der Waals surface area contributed by atoms with Crippen molar-refractivity contribution in [3.8, 4) is 0 Å². The van der Waals surface area contributed by atoms with Gasteiger partial charge in [0.1, 0.15) is 5.78 Å². The summed E-state index contributed by atoms with van der Waals surface area (Å²) in [6.45, 7) is 2.32. The third-order valence-corrected chi connectivity index (χ3v) is 0.898. The fourth-order valence-electron chi connectivity index (χ4n) is 0.239. The van der Waals surface area contributed by atoms with Crippen LogP contribution in [-0.2, 0) is 4.79 Å². The zero-order valence-corrected chi connectivity index (χ0v) is 5.55. The third-order valence-electron chi connectivity index (χ3n) is 0.694. The second kappa shape index (κ2) is 4.23. The second-order valence-corrected chi connectivity index (χ2v) is 1.68. The normalized spacial score (nSPS) is 8.86. The average molecular weight is 119 g/mol. The van der Waals surface area contributed by atoms with Crippen LogP contribution in [0.5, 0.6) is 0 Å². The number of rotatable bonds is 3. The van der Waals surface area contributed by atoms with Crippen molar-refractivity contribution in [3.05, 3.63) is 0 Å². The summed E-state index contributed by atoms with van der Waals surface area (Å²) in [4.78, 5) is 10.3. The number of Topliss-reactive ketones (excluding diaryl/α,β-unsaturated/α-hetero) is 1. The zero-order chi connectivity index (χ0) is 5.70. The van der Waals surface area contributed by atoms with Gasteiger partial charge in [-0.25, -0.2) is 0 Å². The fourth-order valence-corrected chi connectivity index (χ4v) is 0.467. The van der Waals surface area contributed by atoms with E-state index in [1.54, 1.807) is 0 Å². The Morgan fingerprint density at radius 2 is 2.43 bits per heavy atom. The predicted molar refractivity (Wildman–Crippen MR) is 33.0 cm³/mol. The first-order valence-electron chi connectivity index (χ1n) is 2.26. The lowest BCUT2D eigenvalue weighted by atomic mass is 10.3. The van der Waals surface area contributed by atoms with E-state index in [-0.39, 0.29) is 5.78 Å². The highest BCUT2D eigenvalue weighted by atomic mass is 31.0. The molecule has 0 saturated carbocycles. The van der Waals surface area contributed by atoms with Gasteiger partial charge in [0.15, 0.2) is 0 Å². The van der Waals surface area contributed by atoms with Gasteiger partial charge in [-0.2, -0.15) is 0 Å². The maximum absolute atomic E-state index is 10.3. The first kappa shape index (κ1) is 7.06. The van der Waals surface area contributed by atoms with E-state index in [1.807, 2.05) is 6.92 Å². The van der Waals surface area contributed by atoms with Crippen LogP contribution in [0.3, 0.4) is 0 Å². The summed E-state index contributed by atoms with van der Waals surface area (Å²) in [7, 11) is 2.28. The molecule has 0 aliphatic rings. The molecule has 1 atom stereocenters. The van der Waals surface area contributed by atoms with Gasteiger partial charge in [-0.1, -0.05) is 16.3 Å². The maximum atomic E-state index is 10.3. The lowest BCUT2D eigenvalue weighted by Gasteiger charge is -1.90. The quantitative estimate of drug-likeness (QED) is 0.543. The van der Waals surface area contributed by atoms with Gasteiger partial charge in [0, 0.05) is 6.42 Å². The Kier molecular flexibility index (Phi) is 4.26. The molecule has 0 aliphatic heterocycles. The molecule has 2 nitrogen and oxygen atoms in total. The first-order valence-corrected chi connectivity index (χ1v) is 2.84. The maximum Gasteiger partial charge on any atom is 0.146 e. The Labute approximate surface area is 45.9 Å². The molecule has 0 fully saturated rings. The predicted octanol–water partition coefficient (Wildman–Crippen LogP) is 0.345. The Balaban J connectivity index is 3.00. The molecule has 0 aliphatic carbocycles. The number of hydrogen-bond donors (Lipinski definition) is 1. The fraction of sp³-hybridized carbons (Fsp3) is 0.750. The van der Waals surface area contributed by atoms with Crippen LogP contribution in [0.15, 0.2) is 0 Å². The van der Waals surface area contributed by atoms with Crippen LogP contribution < -0.4 is 5.09 Å². The van der Waals surface area contributed by atoms with E-state index in [0.29, 0.717) is 13.0 Å². The van der Waals surface area contributed by atoms with Gasteiger partial charge in [-0.3, -0.25) is 9.88 Å². The van der Waals surface area contributed by atoms with Crippen molar-refractivity contribution < 1.29 is 4.79 Å². The van der Waals surface area contributed by atoms with E-state index < -0.39 is 0 Å². The number of ketones is 1. The molecule has 0 spiro atoms.